The maximum absolute atomic E-state index is 11.9. The molecule has 4 nitrogen and oxygen atoms in total. The standard InChI is InChI=1S/C12H12N2O2/c1-8(9(2)15)12(16)10-3-5-14-6-4-13-11(14)7-10/h3-8H,1-2H3. The van der Waals surface area contributed by atoms with Crippen LogP contribution < -0.4 is 0 Å². The molecule has 0 saturated heterocycles. The lowest BCUT2D eigenvalue weighted by Crippen LogP contribution is -2.18. The Balaban J connectivity index is 2.39. The highest BCUT2D eigenvalue weighted by molar-refractivity contribution is 6.10. The molecule has 0 amide bonds. The fraction of sp³-hybridized carbons (Fsp3) is 0.250. The minimum atomic E-state index is -0.586. The number of aromatic nitrogens is 2. The summed E-state index contributed by atoms with van der Waals surface area (Å²) in [7, 11) is 0. The summed E-state index contributed by atoms with van der Waals surface area (Å²) in [6, 6.07) is 3.40. The van der Waals surface area contributed by atoms with Gasteiger partial charge in [-0.05, 0) is 26.0 Å². The van der Waals surface area contributed by atoms with Crippen LogP contribution in [0.4, 0.5) is 0 Å². The molecule has 0 N–H and O–H groups in total. The maximum Gasteiger partial charge on any atom is 0.173 e. The van der Waals surface area contributed by atoms with Gasteiger partial charge in [-0.25, -0.2) is 4.98 Å². The number of carbonyl (C=O) groups is 2. The van der Waals surface area contributed by atoms with Crippen LogP contribution in [0, 0.1) is 5.92 Å². The lowest BCUT2D eigenvalue weighted by molar-refractivity contribution is -0.118. The van der Waals surface area contributed by atoms with Gasteiger partial charge in [0.15, 0.2) is 5.78 Å². The van der Waals surface area contributed by atoms with Crippen LogP contribution in [0.2, 0.25) is 0 Å². The van der Waals surface area contributed by atoms with Gasteiger partial charge in [-0.15, -0.1) is 0 Å². The average Bonchev–Trinajstić information content (AvgIpc) is 2.73. The molecule has 2 rings (SSSR count). The van der Waals surface area contributed by atoms with E-state index in [9.17, 15) is 9.59 Å². The molecule has 1 unspecified atom stereocenters. The Morgan fingerprint density at radius 2 is 2.12 bits per heavy atom. The molecule has 0 bridgehead atoms. The molecule has 0 fully saturated rings. The van der Waals surface area contributed by atoms with Gasteiger partial charge in [-0.2, -0.15) is 0 Å². The molecule has 1 atom stereocenters. The van der Waals surface area contributed by atoms with E-state index in [2.05, 4.69) is 4.98 Å². The number of rotatable bonds is 3. The second kappa shape index (κ2) is 3.89. The van der Waals surface area contributed by atoms with Crippen molar-refractivity contribution in [3.05, 3.63) is 36.3 Å². The third kappa shape index (κ3) is 1.74. The van der Waals surface area contributed by atoms with Gasteiger partial charge in [0.1, 0.15) is 11.4 Å². The monoisotopic (exact) mass is 216 g/mol. The number of pyridine rings is 1. The van der Waals surface area contributed by atoms with Gasteiger partial charge in [-0.3, -0.25) is 9.59 Å². The smallest absolute Gasteiger partial charge is 0.173 e. The summed E-state index contributed by atoms with van der Waals surface area (Å²) in [5.41, 5.74) is 1.24. The first-order valence-corrected chi connectivity index (χ1v) is 5.07. The molecule has 0 radical (unpaired) electrons. The molecule has 0 saturated carbocycles. The highest BCUT2D eigenvalue weighted by Gasteiger charge is 2.19. The fourth-order valence-electron chi connectivity index (χ4n) is 1.50. The molecule has 2 aromatic heterocycles. The second-order valence-corrected chi connectivity index (χ2v) is 3.80. The highest BCUT2D eigenvalue weighted by Crippen LogP contribution is 2.12. The van der Waals surface area contributed by atoms with Crippen molar-refractivity contribution in [1.82, 2.24) is 9.38 Å². The number of carbonyl (C=O) groups excluding carboxylic acids is 2. The highest BCUT2D eigenvalue weighted by atomic mass is 16.1. The van der Waals surface area contributed by atoms with E-state index >= 15 is 0 Å². The number of Topliss-reactive ketones (excluding diaryl/α,β-unsaturated/α-hetero) is 2. The third-order valence-electron chi connectivity index (χ3n) is 2.69. The molecule has 2 aromatic rings. The SMILES string of the molecule is CC(=O)C(C)C(=O)c1ccn2ccnc2c1. The van der Waals surface area contributed by atoms with Crippen molar-refractivity contribution in [2.24, 2.45) is 5.92 Å². The molecular formula is C12H12N2O2. The lowest BCUT2D eigenvalue weighted by atomic mass is 9.97. The molecule has 0 aliphatic heterocycles. The van der Waals surface area contributed by atoms with Crippen molar-refractivity contribution in [3.8, 4) is 0 Å². The van der Waals surface area contributed by atoms with Gasteiger partial charge in [0.2, 0.25) is 0 Å². The second-order valence-electron chi connectivity index (χ2n) is 3.80. The Labute approximate surface area is 92.9 Å². The van der Waals surface area contributed by atoms with E-state index in [-0.39, 0.29) is 11.6 Å². The van der Waals surface area contributed by atoms with E-state index in [0.29, 0.717) is 11.2 Å². The molecule has 0 aliphatic rings. The largest absolute Gasteiger partial charge is 0.307 e. The summed E-state index contributed by atoms with van der Waals surface area (Å²) in [5, 5.41) is 0. The summed E-state index contributed by atoms with van der Waals surface area (Å²) in [5.74, 6) is -0.858. The lowest BCUT2D eigenvalue weighted by Gasteiger charge is -2.06. The minimum Gasteiger partial charge on any atom is -0.307 e. The van der Waals surface area contributed by atoms with E-state index in [0.717, 1.165) is 0 Å². The van der Waals surface area contributed by atoms with Crippen LogP contribution in [0.1, 0.15) is 24.2 Å². The van der Waals surface area contributed by atoms with Crippen LogP contribution in [-0.2, 0) is 4.79 Å². The number of fused-ring (bicyclic) bond motifs is 1. The topological polar surface area (TPSA) is 51.4 Å². The first kappa shape index (κ1) is 10.5. The van der Waals surface area contributed by atoms with Crippen molar-refractivity contribution in [1.29, 1.82) is 0 Å². The van der Waals surface area contributed by atoms with Crippen molar-refractivity contribution < 1.29 is 9.59 Å². The average molecular weight is 216 g/mol. The van der Waals surface area contributed by atoms with E-state index in [1.807, 2.05) is 4.40 Å². The van der Waals surface area contributed by atoms with Gasteiger partial charge in [0.25, 0.3) is 0 Å². The number of hydrogen-bond acceptors (Lipinski definition) is 3. The number of hydrogen-bond donors (Lipinski definition) is 0. The molecule has 16 heavy (non-hydrogen) atoms. The van der Waals surface area contributed by atoms with Crippen molar-refractivity contribution in [2.75, 3.05) is 0 Å². The molecule has 82 valence electrons. The van der Waals surface area contributed by atoms with Crippen LogP contribution in [0.5, 0.6) is 0 Å². The normalized spacial score (nSPS) is 12.6. The maximum atomic E-state index is 11.9. The summed E-state index contributed by atoms with van der Waals surface area (Å²) in [6.45, 7) is 3.05. The van der Waals surface area contributed by atoms with Crippen molar-refractivity contribution in [2.45, 2.75) is 13.8 Å². The van der Waals surface area contributed by atoms with Gasteiger partial charge >= 0.3 is 0 Å². The Hall–Kier alpha value is -1.97. The first-order valence-electron chi connectivity index (χ1n) is 5.07. The van der Waals surface area contributed by atoms with Crippen molar-refractivity contribution >= 4 is 17.2 Å². The molecule has 0 spiro atoms. The summed E-state index contributed by atoms with van der Waals surface area (Å²) < 4.78 is 1.81. The predicted octanol–water partition coefficient (Wildman–Crippen LogP) is 1.74. The van der Waals surface area contributed by atoms with E-state index < -0.39 is 5.92 Å². The summed E-state index contributed by atoms with van der Waals surface area (Å²) in [6.07, 6.45) is 5.23. The third-order valence-corrected chi connectivity index (χ3v) is 2.69. The van der Waals surface area contributed by atoms with Gasteiger partial charge in [0.05, 0.1) is 5.92 Å². The molecule has 4 heteroatoms. The van der Waals surface area contributed by atoms with Crippen LogP contribution >= 0.6 is 0 Å². The van der Waals surface area contributed by atoms with Crippen LogP contribution in [0.3, 0.4) is 0 Å². The van der Waals surface area contributed by atoms with E-state index in [1.165, 1.54) is 6.92 Å². The zero-order valence-electron chi connectivity index (χ0n) is 9.18. The zero-order chi connectivity index (χ0) is 11.7. The Morgan fingerprint density at radius 3 is 2.81 bits per heavy atom. The Bertz CT molecular complexity index is 557. The van der Waals surface area contributed by atoms with Gasteiger partial charge in [-0.1, -0.05) is 0 Å². The Kier molecular flexibility index (Phi) is 2.56. The molecule has 2 heterocycles. The van der Waals surface area contributed by atoms with E-state index in [1.54, 1.807) is 37.6 Å². The number of imidazole rings is 1. The van der Waals surface area contributed by atoms with E-state index in [4.69, 9.17) is 0 Å². The summed E-state index contributed by atoms with van der Waals surface area (Å²) in [4.78, 5) is 27.1. The van der Waals surface area contributed by atoms with Crippen LogP contribution in [-0.4, -0.2) is 21.0 Å². The van der Waals surface area contributed by atoms with Crippen LogP contribution in [0.15, 0.2) is 30.7 Å². The molecule has 0 aromatic carbocycles. The van der Waals surface area contributed by atoms with Crippen molar-refractivity contribution in [3.63, 3.8) is 0 Å². The Morgan fingerprint density at radius 1 is 1.38 bits per heavy atom. The molecular weight excluding hydrogens is 204 g/mol. The quantitative estimate of drug-likeness (QED) is 0.580. The summed E-state index contributed by atoms with van der Waals surface area (Å²) >= 11 is 0. The minimum absolute atomic E-state index is 0.117. The first-order chi connectivity index (χ1) is 7.59. The predicted molar refractivity (Wildman–Crippen MR) is 59.4 cm³/mol. The zero-order valence-corrected chi connectivity index (χ0v) is 9.18. The van der Waals surface area contributed by atoms with Gasteiger partial charge in [0, 0.05) is 24.2 Å². The van der Waals surface area contributed by atoms with Gasteiger partial charge < -0.3 is 4.40 Å². The number of ketones is 2. The number of nitrogens with zero attached hydrogens (tertiary/aromatic N) is 2. The van der Waals surface area contributed by atoms with Crippen LogP contribution in [0.25, 0.3) is 5.65 Å². The molecule has 0 aliphatic carbocycles. The fourth-order valence-corrected chi connectivity index (χ4v) is 1.50.